The normalized spacial score (nSPS) is 15.9. The minimum Gasteiger partial charge on any atom is -0.497 e. The Balaban J connectivity index is 1.84. The summed E-state index contributed by atoms with van der Waals surface area (Å²) in [5, 5.41) is 10.8. The highest BCUT2D eigenvalue weighted by Gasteiger charge is 2.36. The number of hydrogen-bond donors (Lipinski definition) is 2. The molecule has 120 valence electrons. The topological polar surface area (TPSA) is 67.0 Å². The van der Waals surface area contributed by atoms with Crippen LogP contribution in [-0.4, -0.2) is 23.2 Å². The molecule has 1 aromatic heterocycles. The Morgan fingerprint density at radius 1 is 1.12 bits per heavy atom. The predicted molar refractivity (Wildman–Crippen MR) is 91.3 cm³/mol. The van der Waals surface area contributed by atoms with Crippen LogP contribution in [0.25, 0.3) is 11.3 Å². The molecular formula is C18H14ClN3O2. The lowest BCUT2D eigenvalue weighted by Crippen LogP contribution is -2.21. The number of methoxy groups -OCH3 is 1. The van der Waals surface area contributed by atoms with Crippen LogP contribution < -0.4 is 10.1 Å². The number of carbonyl (C=O) groups is 1. The first-order valence-electron chi connectivity index (χ1n) is 7.47. The van der Waals surface area contributed by atoms with Crippen LogP contribution in [0, 0.1) is 0 Å². The van der Waals surface area contributed by atoms with Gasteiger partial charge >= 0.3 is 0 Å². The SMILES string of the molecule is COc1ccc(-c2n[nH]c3c2[C@@H](c2ccccc2Cl)NC3=O)cc1. The monoisotopic (exact) mass is 339 g/mol. The van der Waals surface area contributed by atoms with Crippen LogP contribution >= 0.6 is 11.6 Å². The van der Waals surface area contributed by atoms with Crippen LogP contribution in [0.5, 0.6) is 5.75 Å². The van der Waals surface area contributed by atoms with Crippen molar-refractivity contribution >= 4 is 17.5 Å². The molecule has 0 aliphatic carbocycles. The number of halogens is 1. The van der Waals surface area contributed by atoms with Crippen molar-refractivity contribution in [3.63, 3.8) is 0 Å². The summed E-state index contributed by atoms with van der Waals surface area (Å²) in [7, 11) is 1.62. The number of carbonyl (C=O) groups excluding carboxylic acids is 1. The van der Waals surface area contributed by atoms with Crippen LogP contribution in [0.15, 0.2) is 48.5 Å². The Labute approximate surface area is 143 Å². The summed E-state index contributed by atoms with van der Waals surface area (Å²) in [6.07, 6.45) is 0. The van der Waals surface area contributed by atoms with Gasteiger partial charge in [0.2, 0.25) is 0 Å². The standard InChI is InChI=1S/C18H14ClN3O2/c1-24-11-8-6-10(7-9-11)15-14-16(12-4-2-3-5-13(12)19)20-18(23)17(14)22-21-15/h2-9,16H,1H3,(H,20,23)(H,21,22)/t16-/m1/s1. The summed E-state index contributed by atoms with van der Waals surface area (Å²) in [5.41, 5.74) is 3.78. The maximum absolute atomic E-state index is 12.3. The number of nitrogens with one attached hydrogen (secondary N) is 2. The van der Waals surface area contributed by atoms with Crippen molar-refractivity contribution in [1.82, 2.24) is 15.5 Å². The quantitative estimate of drug-likeness (QED) is 0.766. The molecule has 5 nitrogen and oxygen atoms in total. The molecule has 2 N–H and O–H groups in total. The molecule has 0 saturated heterocycles. The lowest BCUT2D eigenvalue weighted by molar-refractivity contribution is 0.0955. The van der Waals surface area contributed by atoms with Crippen molar-refractivity contribution in [1.29, 1.82) is 0 Å². The van der Waals surface area contributed by atoms with Gasteiger partial charge < -0.3 is 10.1 Å². The molecule has 0 radical (unpaired) electrons. The van der Waals surface area contributed by atoms with Gasteiger partial charge in [-0.15, -0.1) is 0 Å². The first kappa shape index (κ1) is 14.8. The molecule has 0 fully saturated rings. The third-order valence-corrected chi connectivity index (χ3v) is 4.52. The summed E-state index contributed by atoms with van der Waals surface area (Å²) in [6.45, 7) is 0. The van der Waals surface area contributed by atoms with Gasteiger partial charge in [0.15, 0.2) is 0 Å². The number of H-pyrrole nitrogens is 1. The molecule has 1 atom stereocenters. The van der Waals surface area contributed by atoms with E-state index in [1.807, 2.05) is 48.5 Å². The van der Waals surface area contributed by atoms with Crippen LogP contribution in [0.1, 0.15) is 27.7 Å². The molecule has 3 aromatic rings. The van der Waals surface area contributed by atoms with Crippen LogP contribution in [0.4, 0.5) is 0 Å². The van der Waals surface area contributed by atoms with Crippen molar-refractivity contribution < 1.29 is 9.53 Å². The zero-order valence-corrected chi connectivity index (χ0v) is 13.6. The summed E-state index contributed by atoms with van der Waals surface area (Å²) in [6, 6.07) is 14.7. The fourth-order valence-electron chi connectivity index (χ4n) is 2.99. The second-order valence-electron chi connectivity index (χ2n) is 5.52. The molecular weight excluding hydrogens is 326 g/mol. The molecule has 0 saturated carbocycles. The number of ether oxygens (including phenoxy) is 1. The molecule has 0 unspecified atom stereocenters. The van der Waals surface area contributed by atoms with Crippen LogP contribution in [0.2, 0.25) is 5.02 Å². The van der Waals surface area contributed by atoms with E-state index >= 15 is 0 Å². The number of amides is 1. The van der Waals surface area contributed by atoms with E-state index in [4.69, 9.17) is 16.3 Å². The van der Waals surface area contributed by atoms with Crippen molar-refractivity contribution in [2.24, 2.45) is 0 Å². The van der Waals surface area contributed by atoms with Gasteiger partial charge in [-0.05, 0) is 35.9 Å². The van der Waals surface area contributed by atoms with E-state index in [0.29, 0.717) is 10.7 Å². The highest BCUT2D eigenvalue weighted by molar-refractivity contribution is 6.31. The molecule has 1 aliphatic rings. The largest absolute Gasteiger partial charge is 0.497 e. The lowest BCUT2D eigenvalue weighted by Gasteiger charge is -2.14. The van der Waals surface area contributed by atoms with E-state index < -0.39 is 0 Å². The highest BCUT2D eigenvalue weighted by atomic mass is 35.5. The molecule has 4 rings (SSSR count). The van der Waals surface area contributed by atoms with Crippen molar-refractivity contribution in [2.75, 3.05) is 7.11 Å². The van der Waals surface area contributed by atoms with Crippen LogP contribution in [0.3, 0.4) is 0 Å². The molecule has 0 bridgehead atoms. The van der Waals surface area contributed by atoms with Crippen molar-refractivity contribution in [2.45, 2.75) is 6.04 Å². The number of aromatic amines is 1. The van der Waals surface area contributed by atoms with Gasteiger partial charge in [-0.2, -0.15) is 5.10 Å². The maximum atomic E-state index is 12.3. The first-order valence-corrected chi connectivity index (χ1v) is 7.85. The summed E-state index contributed by atoms with van der Waals surface area (Å²) in [4.78, 5) is 12.3. The van der Waals surface area contributed by atoms with E-state index in [9.17, 15) is 4.79 Å². The summed E-state index contributed by atoms with van der Waals surface area (Å²) < 4.78 is 5.19. The van der Waals surface area contributed by atoms with Crippen molar-refractivity contribution in [3.8, 4) is 17.0 Å². The molecule has 1 aliphatic heterocycles. The van der Waals surface area contributed by atoms with Gasteiger partial charge in [0.25, 0.3) is 5.91 Å². The fourth-order valence-corrected chi connectivity index (χ4v) is 3.24. The number of nitrogens with zero attached hydrogens (tertiary/aromatic N) is 1. The smallest absolute Gasteiger partial charge is 0.270 e. The third kappa shape index (κ3) is 2.25. The van der Waals surface area contributed by atoms with Gasteiger partial charge in [-0.25, -0.2) is 0 Å². The number of fused-ring (bicyclic) bond motifs is 1. The minimum absolute atomic E-state index is 0.179. The Kier molecular flexibility index (Phi) is 3.50. The van der Waals surface area contributed by atoms with E-state index in [-0.39, 0.29) is 11.9 Å². The van der Waals surface area contributed by atoms with E-state index in [1.165, 1.54) is 0 Å². The first-order chi connectivity index (χ1) is 11.7. The fraction of sp³-hybridized carbons (Fsp3) is 0.111. The Hall–Kier alpha value is -2.79. The Bertz CT molecular complexity index is 918. The highest BCUT2D eigenvalue weighted by Crippen LogP contribution is 2.39. The summed E-state index contributed by atoms with van der Waals surface area (Å²) >= 11 is 6.33. The van der Waals surface area contributed by atoms with Gasteiger partial charge in [-0.3, -0.25) is 9.89 Å². The van der Waals surface area contributed by atoms with Gasteiger partial charge in [-0.1, -0.05) is 29.8 Å². The zero-order valence-electron chi connectivity index (χ0n) is 12.8. The van der Waals surface area contributed by atoms with Crippen LogP contribution in [-0.2, 0) is 0 Å². The van der Waals surface area contributed by atoms with E-state index in [2.05, 4.69) is 15.5 Å². The minimum atomic E-state index is -0.322. The Morgan fingerprint density at radius 2 is 1.88 bits per heavy atom. The zero-order chi connectivity index (χ0) is 16.7. The molecule has 2 heterocycles. The van der Waals surface area contributed by atoms with Crippen molar-refractivity contribution in [3.05, 3.63) is 70.4 Å². The van der Waals surface area contributed by atoms with E-state index in [1.54, 1.807) is 7.11 Å². The molecule has 24 heavy (non-hydrogen) atoms. The molecule has 1 amide bonds. The lowest BCUT2D eigenvalue weighted by atomic mass is 9.97. The van der Waals surface area contributed by atoms with E-state index in [0.717, 1.165) is 28.1 Å². The number of benzene rings is 2. The van der Waals surface area contributed by atoms with Gasteiger partial charge in [0, 0.05) is 16.1 Å². The van der Waals surface area contributed by atoms with Gasteiger partial charge in [0.1, 0.15) is 11.4 Å². The Morgan fingerprint density at radius 3 is 2.58 bits per heavy atom. The molecule has 0 spiro atoms. The second-order valence-corrected chi connectivity index (χ2v) is 5.92. The number of rotatable bonds is 3. The molecule has 6 heteroatoms. The second kappa shape index (κ2) is 5.69. The number of hydrogen-bond acceptors (Lipinski definition) is 3. The average molecular weight is 340 g/mol. The maximum Gasteiger partial charge on any atom is 0.270 e. The predicted octanol–water partition coefficient (Wildman–Crippen LogP) is 3.57. The average Bonchev–Trinajstić information content (AvgIpc) is 3.17. The third-order valence-electron chi connectivity index (χ3n) is 4.17. The molecule has 2 aromatic carbocycles. The summed E-state index contributed by atoms with van der Waals surface area (Å²) in [5.74, 6) is 0.588. The number of aromatic nitrogens is 2. The van der Waals surface area contributed by atoms with Gasteiger partial charge in [0.05, 0.1) is 18.8 Å².